The number of nitrogens with two attached hydrogens (primary N) is 2. The second kappa shape index (κ2) is 5.92. The van der Waals surface area contributed by atoms with Crippen molar-refractivity contribution >= 4 is 22.1 Å². The van der Waals surface area contributed by atoms with E-state index in [1.165, 1.54) is 12.1 Å². The average molecular weight is 284 g/mol. The molecular weight excluding hydrogens is 268 g/mol. The normalized spacial score (nSPS) is 9.90. The van der Waals surface area contributed by atoms with E-state index in [9.17, 15) is 0 Å². The van der Waals surface area contributed by atoms with Crippen LogP contribution in [0.5, 0.6) is 17.2 Å². The van der Waals surface area contributed by atoms with Gasteiger partial charge in [-0.25, -0.2) is 0 Å². The SMILES string of the molecule is Nc1ccc(O)c(N)c1.Oc1ccc2ccc(O)cc2c1. The number of nitrogen functional groups attached to an aromatic ring is 2. The van der Waals surface area contributed by atoms with E-state index in [1.807, 2.05) is 12.1 Å². The fraction of sp³-hybridized carbons (Fsp3) is 0. The summed E-state index contributed by atoms with van der Waals surface area (Å²) in [6, 6.07) is 14.7. The first kappa shape index (κ1) is 14.3. The summed E-state index contributed by atoms with van der Waals surface area (Å²) in [5.41, 5.74) is 11.5. The van der Waals surface area contributed by atoms with E-state index in [-0.39, 0.29) is 17.2 Å². The highest BCUT2D eigenvalue weighted by Crippen LogP contribution is 2.23. The lowest BCUT2D eigenvalue weighted by molar-refractivity contribution is 0.474. The van der Waals surface area contributed by atoms with Crippen LogP contribution in [0.25, 0.3) is 10.8 Å². The quantitative estimate of drug-likeness (QED) is 0.247. The summed E-state index contributed by atoms with van der Waals surface area (Å²) in [6.45, 7) is 0. The lowest BCUT2D eigenvalue weighted by Crippen LogP contribution is -1.88. The Morgan fingerprint density at radius 3 is 1.67 bits per heavy atom. The van der Waals surface area contributed by atoms with Crippen molar-refractivity contribution in [1.29, 1.82) is 0 Å². The highest BCUT2D eigenvalue weighted by atomic mass is 16.3. The van der Waals surface area contributed by atoms with Crippen LogP contribution in [0.1, 0.15) is 0 Å². The van der Waals surface area contributed by atoms with Crippen molar-refractivity contribution in [3.8, 4) is 17.2 Å². The number of benzene rings is 3. The van der Waals surface area contributed by atoms with Gasteiger partial charge in [0.2, 0.25) is 0 Å². The maximum Gasteiger partial charge on any atom is 0.138 e. The van der Waals surface area contributed by atoms with E-state index in [2.05, 4.69) is 0 Å². The summed E-state index contributed by atoms with van der Waals surface area (Å²) >= 11 is 0. The van der Waals surface area contributed by atoms with Crippen LogP contribution in [0.3, 0.4) is 0 Å². The first-order valence-corrected chi connectivity index (χ1v) is 6.21. The molecule has 0 atom stereocenters. The summed E-state index contributed by atoms with van der Waals surface area (Å²) in [4.78, 5) is 0. The average Bonchev–Trinajstić information content (AvgIpc) is 2.43. The zero-order valence-corrected chi connectivity index (χ0v) is 11.2. The molecular formula is C16H16N2O3. The minimum atomic E-state index is 0.0733. The number of fused-ring (bicyclic) bond motifs is 1. The van der Waals surface area contributed by atoms with Crippen LogP contribution in [0.4, 0.5) is 11.4 Å². The summed E-state index contributed by atoms with van der Waals surface area (Å²) in [6.07, 6.45) is 0. The van der Waals surface area contributed by atoms with Gasteiger partial charge < -0.3 is 26.8 Å². The maximum atomic E-state index is 9.14. The van der Waals surface area contributed by atoms with Gasteiger partial charge in [-0.05, 0) is 53.2 Å². The number of hydrogen-bond donors (Lipinski definition) is 5. The van der Waals surface area contributed by atoms with E-state index >= 15 is 0 Å². The van der Waals surface area contributed by atoms with E-state index in [0.717, 1.165) is 10.8 Å². The third-order valence-electron chi connectivity index (χ3n) is 2.86. The van der Waals surface area contributed by atoms with Crippen molar-refractivity contribution in [2.45, 2.75) is 0 Å². The summed E-state index contributed by atoms with van der Waals surface area (Å²) in [7, 11) is 0. The molecule has 21 heavy (non-hydrogen) atoms. The molecule has 0 saturated heterocycles. The first-order chi connectivity index (χ1) is 9.95. The molecule has 0 radical (unpaired) electrons. The van der Waals surface area contributed by atoms with Gasteiger partial charge in [-0.1, -0.05) is 12.1 Å². The van der Waals surface area contributed by atoms with Gasteiger partial charge in [-0.15, -0.1) is 0 Å². The molecule has 0 saturated carbocycles. The van der Waals surface area contributed by atoms with Crippen molar-refractivity contribution in [3.63, 3.8) is 0 Å². The number of rotatable bonds is 0. The van der Waals surface area contributed by atoms with Crippen LogP contribution < -0.4 is 11.5 Å². The summed E-state index contributed by atoms with van der Waals surface area (Å²) in [5.74, 6) is 0.505. The van der Waals surface area contributed by atoms with Gasteiger partial charge in [0.1, 0.15) is 17.2 Å². The van der Waals surface area contributed by atoms with Gasteiger partial charge in [0.05, 0.1) is 5.69 Å². The molecule has 0 heterocycles. The Morgan fingerprint density at radius 2 is 1.19 bits per heavy atom. The van der Waals surface area contributed by atoms with Crippen LogP contribution in [0.2, 0.25) is 0 Å². The third kappa shape index (κ3) is 3.70. The molecule has 0 aliphatic carbocycles. The summed E-state index contributed by atoms with van der Waals surface area (Å²) in [5, 5.41) is 29.0. The Kier molecular flexibility index (Phi) is 4.04. The topological polar surface area (TPSA) is 113 Å². The van der Waals surface area contributed by atoms with E-state index in [4.69, 9.17) is 26.8 Å². The predicted molar refractivity (Wildman–Crippen MR) is 84.2 cm³/mol. The molecule has 3 rings (SSSR count). The molecule has 0 spiro atoms. The Morgan fingerprint density at radius 1 is 0.619 bits per heavy atom. The Labute approximate surface area is 121 Å². The first-order valence-electron chi connectivity index (χ1n) is 6.21. The standard InChI is InChI=1S/C10H8O2.C6H8N2O/c11-9-3-1-7-2-4-10(12)6-8(7)5-9;7-4-1-2-6(9)5(8)3-4/h1-6,11-12H;1-3,9H,7-8H2. The molecule has 3 aromatic carbocycles. The molecule has 0 aliphatic heterocycles. The number of phenolic OH excluding ortho intramolecular Hbond substituents is 3. The predicted octanol–water partition coefficient (Wildman–Crippen LogP) is 2.81. The zero-order valence-electron chi connectivity index (χ0n) is 11.2. The second-order valence-corrected chi connectivity index (χ2v) is 4.53. The maximum absolute atomic E-state index is 9.14. The molecule has 5 nitrogen and oxygen atoms in total. The lowest BCUT2D eigenvalue weighted by Gasteiger charge is -1.98. The van der Waals surface area contributed by atoms with Crippen molar-refractivity contribution < 1.29 is 15.3 Å². The van der Waals surface area contributed by atoms with E-state index < -0.39 is 0 Å². The third-order valence-corrected chi connectivity index (χ3v) is 2.86. The molecule has 0 unspecified atom stereocenters. The Bertz CT molecular complexity index is 736. The molecule has 0 bridgehead atoms. The van der Waals surface area contributed by atoms with E-state index in [0.29, 0.717) is 11.4 Å². The van der Waals surface area contributed by atoms with Crippen LogP contribution in [-0.2, 0) is 0 Å². The summed E-state index contributed by atoms with van der Waals surface area (Å²) < 4.78 is 0. The fourth-order valence-corrected chi connectivity index (χ4v) is 1.79. The fourth-order valence-electron chi connectivity index (χ4n) is 1.79. The largest absolute Gasteiger partial charge is 0.508 e. The molecule has 0 aliphatic rings. The van der Waals surface area contributed by atoms with Gasteiger partial charge in [0.25, 0.3) is 0 Å². The number of anilines is 2. The van der Waals surface area contributed by atoms with Crippen LogP contribution in [0, 0.1) is 0 Å². The van der Waals surface area contributed by atoms with Crippen molar-refractivity contribution in [1.82, 2.24) is 0 Å². The molecule has 0 fully saturated rings. The minimum absolute atomic E-state index is 0.0733. The smallest absolute Gasteiger partial charge is 0.138 e. The van der Waals surface area contributed by atoms with Crippen LogP contribution in [-0.4, -0.2) is 15.3 Å². The van der Waals surface area contributed by atoms with Crippen molar-refractivity contribution in [2.24, 2.45) is 0 Å². The molecule has 108 valence electrons. The number of aromatic hydroxyl groups is 3. The molecule has 7 N–H and O–H groups in total. The lowest BCUT2D eigenvalue weighted by atomic mass is 10.1. The Hall–Kier alpha value is -3.08. The molecule has 0 amide bonds. The van der Waals surface area contributed by atoms with Crippen molar-refractivity contribution in [2.75, 3.05) is 11.5 Å². The van der Waals surface area contributed by atoms with Crippen molar-refractivity contribution in [3.05, 3.63) is 54.6 Å². The van der Waals surface area contributed by atoms with Gasteiger partial charge in [0, 0.05) is 5.69 Å². The van der Waals surface area contributed by atoms with Crippen LogP contribution >= 0.6 is 0 Å². The Balaban J connectivity index is 0.000000161. The van der Waals surface area contributed by atoms with E-state index in [1.54, 1.807) is 30.3 Å². The number of hydrogen-bond acceptors (Lipinski definition) is 5. The van der Waals surface area contributed by atoms with Gasteiger partial charge in [-0.3, -0.25) is 0 Å². The van der Waals surface area contributed by atoms with Crippen LogP contribution in [0.15, 0.2) is 54.6 Å². The minimum Gasteiger partial charge on any atom is -0.508 e. The highest BCUT2D eigenvalue weighted by Gasteiger charge is 1.95. The molecule has 0 aromatic heterocycles. The molecule has 5 heteroatoms. The van der Waals surface area contributed by atoms with Gasteiger partial charge in [-0.2, -0.15) is 0 Å². The molecule has 3 aromatic rings. The number of phenols is 3. The zero-order chi connectivity index (χ0) is 15.4. The van der Waals surface area contributed by atoms with Gasteiger partial charge in [0.15, 0.2) is 0 Å². The second-order valence-electron chi connectivity index (χ2n) is 4.53. The highest BCUT2D eigenvalue weighted by molar-refractivity contribution is 5.85. The van der Waals surface area contributed by atoms with Gasteiger partial charge >= 0.3 is 0 Å². The monoisotopic (exact) mass is 284 g/mol.